The summed E-state index contributed by atoms with van der Waals surface area (Å²) in [5.41, 5.74) is 5.15. The summed E-state index contributed by atoms with van der Waals surface area (Å²) in [4.78, 5) is 70.4. The van der Waals surface area contributed by atoms with Gasteiger partial charge in [-0.15, -0.1) is 11.8 Å². The van der Waals surface area contributed by atoms with Crippen LogP contribution < -0.4 is 22.2 Å². The van der Waals surface area contributed by atoms with Crippen LogP contribution in [0.25, 0.3) is 0 Å². The molecule has 3 heterocycles. The number of carbonyl (C=O) groups excluding carboxylic acids is 2. The van der Waals surface area contributed by atoms with Gasteiger partial charge in [-0.1, -0.05) is 23.0 Å². The van der Waals surface area contributed by atoms with E-state index >= 15 is 0 Å². The number of carboxylic acid groups (broad SMARTS) is 1. The first-order chi connectivity index (χ1) is 17.1. The Balaban J connectivity index is 1.50. The number of nitrogens with two attached hydrogens (primary N) is 1. The van der Waals surface area contributed by atoms with Crippen LogP contribution in [0.15, 0.2) is 54.6 Å². The average molecular weight is 536 g/mol. The van der Waals surface area contributed by atoms with Gasteiger partial charge >= 0.3 is 17.1 Å². The van der Waals surface area contributed by atoms with Gasteiger partial charge in [0.2, 0.25) is 0 Å². The van der Waals surface area contributed by atoms with E-state index in [0.717, 1.165) is 16.7 Å². The Labute approximate surface area is 211 Å². The van der Waals surface area contributed by atoms with Crippen molar-refractivity contribution in [3.8, 4) is 0 Å². The van der Waals surface area contributed by atoms with Gasteiger partial charge in [0, 0.05) is 36.2 Å². The molecular weight excluding hydrogens is 514 g/mol. The zero-order chi connectivity index (χ0) is 26.1. The van der Waals surface area contributed by atoms with Gasteiger partial charge in [0.1, 0.15) is 24.2 Å². The quantitative estimate of drug-likeness (QED) is 0.0989. The number of hydrogen-bond donors (Lipinski definition) is 4. The molecule has 2 aliphatic heterocycles. The number of fused-ring (bicyclic) bond motifs is 1. The second kappa shape index (κ2) is 10.1. The third-order valence-corrected chi connectivity index (χ3v) is 7.88. The zero-order valence-corrected chi connectivity index (χ0v) is 20.6. The highest BCUT2D eigenvalue weighted by Crippen LogP contribution is 2.41. The summed E-state index contributed by atoms with van der Waals surface area (Å²) in [6, 6.07) is -0.960. The number of amides is 2. The van der Waals surface area contributed by atoms with E-state index in [9.17, 15) is 29.1 Å². The molecule has 1 aromatic heterocycles. The molecule has 36 heavy (non-hydrogen) atoms. The summed E-state index contributed by atoms with van der Waals surface area (Å²) in [5, 5.41) is 18.1. The molecule has 2 atom stereocenters. The minimum atomic E-state index is -1.30. The van der Waals surface area contributed by atoms with E-state index in [1.165, 1.54) is 30.6 Å². The van der Waals surface area contributed by atoms with Gasteiger partial charge in [0.05, 0.1) is 0 Å². The van der Waals surface area contributed by atoms with Crippen LogP contribution in [-0.2, 0) is 26.3 Å². The lowest BCUT2D eigenvalue weighted by molar-refractivity contribution is -0.150. The molecule has 3 aliphatic rings. The number of aliphatic carboxylic acids is 1. The van der Waals surface area contributed by atoms with Crippen LogP contribution in [0.4, 0.5) is 0 Å². The molecule has 0 bridgehead atoms. The summed E-state index contributed by atoms with van der Waals surface area (Å²) in [5.74, 6) is -2.16. The molecule has 1 aliphatic carbocycles. The Kier molecular flexibility index (Phi) is 7.07. The average Bonchev–Trinajstić information content (AvgIpc) is 3.27. The maximum Gasteiger partial charge on any atom is 0.352 e. The number of carbonyl (C=O) groups is 3. The molecule has 5 N–H and O–H groups in total. The number of nitrogens with one attached hydrogen (secondary N) is 2. The van der Waals surface area contributed by atoms with Gasteiger partial charge in [0.15, 0.2) is 10.9 Å². The van der Waals surface area contributed by atoms with Gasteiger partial charge in [0.25, 0.3) is 11.8 Å². The minimum absolute atomic E-state index is 0.0462. The Morgan fingerprint density at radius 3 is 2.81 bits per heavy atom. The molecule has 4 rings (SSSR count). The minimum Gasteiger partial charge on any atom is -0.477 e. The van der Waals surface area contributed by atoms with E-state index in [1.807, 2.05) is 0 Å². The van der Waals surface area contributed by atoms with Crippen LogP contribution in [-0.4, -0.2) is 78.3 Å². The van der Waals surface area contributed by atoms with Crippen molar-refractivity contribution < 1.29 is 24.3 Å². The molecule has 16 heteroatoms. The van der Waals surface area contributed by atoms with E-state index in [2.05, 4.69) is 20.6 Å². The number of thioether (sulfide) groups is 2. The SMILES string of the molecule is CON=C(C(=O)NC1C(=O)N2C(C(=O)O)=C(CSc3nc(=O)c(=O)[nH]n3C)CSC12)C1=CCC(N)=C1. The summed E-state index contributed by atoms with van der Waals surface area (Å²) < 4.78 is 1.26. The molecule has 2 amide bonds. The molecule has 0 spiro atoms. The monoisotopic (exact) mass is 535 g/mol. The van der Waals surface area contributed by atoms with Crippen LogP contribution in [0.2, 0.25) is 0 Å². The fraction of sp³-hybridized carbons (Fsp3) is 0.350. The van der Waals surface area contributed by atoms with Crippen molar-refractivity contribution in [3.63, 3.8) is 0 Å². The summed E-state index contributed by atoms with van der Waals surface area (Å²) in [6.45, 7) is 0. The Bertz CT molecular complexity index is 1390. The van der Waals surface area contributed by atoms with Gasteiger partial charge in [-0.3, -0.25) is 33.9 Å². The molecule has 0 saturated carbocycles. The number of nitrogens with zero attached hydrogens (tertiary/aromatic N) is 4. The predicted octanol–water partition coefficient (Wildman–Crippen LogP) is -1.53. The lowest BCUT2D eigenvalue weighted by atomic mass is 10.0. The second-order valence-corrected chi connectivity index (χ2v) is 9.86. The molecule has 14 nitrogen and oxygen atoms in total. The highest BCUT2D eigenvalue weighted by molar-refractivity contribution is 8.01. The Hall–Kier alpha value is -3.79. The maximum absolute atomic E-state index is 12.9. The Morgan fingerprint density at radius 1 is 1.42 bits per heavy atom. The summed E-state index contributed by atoms with van der Waals surface area (Å²) in [7, 11) is 2.78. The van der Waals surface area contributed by atoms with Crippen LogP contribution in [0, 0.1) is 0 Å². The summed E-state index contributed by atoms with van der Waals surface area (Å²) in [6.07, 6.45) is 3.75. The second-order valence-electron chi connectivity index (χ2n) is 7.81. The van der Waals surface area contributed by atoms with Gasteiger partial charge < -0.3 is 21.0 Å². The number of oxime groups is 1. The third kappa shape index (κ3) is 4.68. The fourth-order valence-electron chi connectivity index (χ4n) is 3.77. The summed E-state index contributed by atoms with van der Waals surface area (Å²) >= 11 is 2.34. The highest BCUT2D eigenvalue weighted by atomic mass is 32.2. The van der Waals surface area contributed by atoms with Crippen molar-refractivity contribution in [2.75, 3.05) is 18.6 Å². The number of β-lactam (4-membered cyclic amide) rings is 1. The highest BCUT2D eigenvalue weighted by Gasteiger charge is 2.54. The van der Waals surface area contributed by atoms with Crippen molar-refractivity contribution in [2.45, 2.75) is 23.0 Å². The molecule has 0 aromatic carbocycles. The van der Waals surface area contributed by atoms with Gasteiger partial charge in [-0.2, -0.15) is 4.98 Å². The van der Waals surface area contributed by atoms with Crippen molar-refractivity contribution in [3.05, 3.63) is 55.4 Å². The normalized spacial score (nSPS) is 21.4. The van der Waals surface area contributed by atoms with Crippen LogP contribution >= 0.6 is 23.5 Å². The number of H-pyrrole nitrogens is 1. The van der Waals surface area contributed by atoms with Gasteiger partial charge in [-0.25, -0.2) is 4.79 Å². The number of aromatic amines is 1. The first-order valence-electron chi connectivity index (χ1n) is 10.4. The van der Waals surface area contributed by atoms with E-state index in [-0.39, 0.29) is 28.1 Å². The Morgan fingerprint density at radius 2 is 2.17 bits per heavy atom. The molecule has 2 unspecified atom stereocenters. The molecule has 1 fully saturated rings. The van der Waals surface area contributed by atoms with E-state index in [4.69, 9.17) is 10.6 Å². The largest absolute Gasteiger partial charge is 0.477 e. The standard InChI is InChI=1S/C20H21N7O7S2/c1-26-20(23-15(29)16(30)24-26)36-7-9-6-35-18-12(17(31)27(18)13(9)19(32)33)22-14(28)11(25-34-2)8-3-4-10(21)5-8/h3,5,12,18H,4,6-7,21H2,1-2H3,(H,22,28)(H,24,30)(H,32,33). The van der Waals surface area contributed by atoms with Crippen molar-refractivity contribution in [1.82, 2.24) is 25.0 Å². The number of aryl methyl sites for hydroxylation is 1. The van der Waals surface area contributed by atoms with E-state index in [1.54, 1.807) is 12.2 Å². The number of hydrogen-bond acceptors (Lipinski definition) is 11. The molecule has 1 aromatic rings. The predicted molar refractivity (Wildman–Crippen MR) is 130 cm³/mol. The zero-order valence-electron chi connectivity index (χ0n) is 19.0. The number of rotatable bonds is 8. The van der Waals surface area contributed by atoms with E-state index in [0.29, 0.717) is 23.3 Å². The topological polar surface area (TPSA) is 202 Å². The van der Waals surface area contributed by atoms with Crippen molar-refractivity contribution >= 4 is 47.0 Å². The van der Waals surface area contributed by atoms with E-state index < -0.39 is 40.3 Å². The number of carboxylic acids is 1. The van der Waals surface area contributed by atoms with Gasteiger partial charge in [-0.05, 0) is 11.6 Å². The number of allylic oxidation sites excluding steroid dienone is 2. The third-order valence-electron chi connectivity index (χ3n) is 5.43. The smallest absolute Gasteiger partial charge is 0.352 e. The maximum atomic E-state index is 12.9. The fourth-order valence-corrected chi connectivity index (χ4v) is 6.18. The lowest BCUT2D eigenvalue weighted by Crippen LogP contribution is -2.71. The van der Waals surface area contributed by atoms with Crippen LogP contribution in [0.1, 0.15) is 6.42 Å². The van der Waals surface area contributed by atoms with Crippen LogP contribution in [0.3, 0.4) is 0 Å². The first-order valence-corrected chi connectivity index (χ1v) is 12.4. The number of aromatic nitrogens is 3. The first kappa shape index (κ1) is 25.3. The van der Waals surface area contributed by atoms with Crippen molar-refractivity contribution in [1.29, 1.82) is 0 Å². The lowest BCUT2D eigenvalue weighted by Gasteiger charge is -2.49. The molecule has 0 radical (unpaired) electrons. The van der Waals surface area contributed by atoms with Crippen molar-refractivity contribution in [2.24, 2.45) is 17.9 Å². The molecular formula is C20H21N7O7S2. The van der Waals surface area contributed by atoms with Crippen LogP contribution in [0.5, 0.6) is 0 Å². The molecule has 190 valence electrons. The molecule has 1 saturated heterocycles.